The summed E-state index contributed by atoms with van der Waals surface area (Å²) in [5, 5.41) is 3.70. The Morgan fingerprint density at radius 3 is 2.34 bits per heavy atom. The third-order valence-corrected chi connectivity index (χ3v) is 4.92. The average molecular weight is 392 g/mol. The summed E-state index contributed by atoms with van der Waals surface area (Å²) in [6.45, 7) is 6.91. The Balaban J connectivity index is 2.03. The van der Waals surface area contributed by atoms with E-state index in [0.29, 0.717) is 11.8 Å². The Morgan fingerprint density at radius 1 is 1.00 bits per heavy atom. The normalized spacial score (nSPS) is 12.7. The molecular weight excluding hydrogens is 358 g/mol. The van der Waals surface area contributed by atoms with E-state index in [2.05, 4.69) is 73.4 Å². The zero-order chi connectivity index (χ0) is 20.9. The molecule has 3 heteroatoms. The van der Waals surface area contributed by atoms with E-state index < -0.39 is 0 Å². The van der Waals surface area contributed by atoms with Crippen LogP contribution in [0.1, 0.15) is 24.5 Å². The van der Waals surface area contributed by atoms with Crippen LogP contribution in [0.3, 0.4) is 0 Å². The van der Waals surface area contributed by atoms with Gasteiger partial charge in [0.1, 0.15) is 11.5 Å². The lowest BCUT2D eigenvalue weighted by Gasteiger charge is -2.18. The molecule has 0 aliphatic rings. The van der Waals surface area contributed by atoms with Crippen LogP contribution in [0, 0.1) is 0 Å². The lowest BCUT2D eigenvalue weighted by atomic mass is 10.0. The van der Waals surface area contributed by atoms with Crippen LogP contribution in [0.15, 0.2) is 90.7 Å². The Labute approximate surface area is 175 Å². The average Bonchev–Trinajstić information content (AvgIpc) is 2.78. The van der Waals surface area contributed by atoms with Crippen molar-refractivity contribution < 1.29 is 9.47 Å². The van der Waals surface area contributed by atoms with E-state index in [1.54, 1.807) is 14.2 Å². The molecule has 1 unspecified atom stereocenters. The van der Waals surface area contributed by atoms with E-state index in [0.717, 1.165) is 31.6 Å². The van der Waals surface area contributed by atoms with E-state index in [9.17, 15) is 0 Å². The van der Waals surface area contributed by atoms with Crippen molar-refractivity contribution in [1.82, 2.24) is 5.32 Å². The highest BCUT2D eigenvalue weighted by molar-refractivity contribution is 5.31. The van der Waals surface area contributed by atoms with Crippen LogP contribution in [0.5, 0.6) is 5.75 Å². The molecule has 2 aromatic rings. The van der Waals surface area contributed by atoms with Crippen molar-refractivity contribution in [1.29, 1.82) is 0 Å². The monoisotopic (exact) mass is 391 g/mol. The molecule has 0 spiro atoms. The Kier molecular flexibility index (Phi) is 9.81. The second-order valence-corrected chi connectivity index (χ2v) is 7.01. The van der Waals surface area contributed by atoms with Crippen LogP contribution in [-0.2, 0) is 17.6 Å². The molecule has 0 saturated heterocycles. The van der Waals surface area contributed by atoms with Crippen LogP contribution in [0.2, 0.25) is 0 Å². The number of ether oxygens (including phenoxy) is 2. The summed E-state index contributed by atoms with van der Waals surface area (Å²) < 4.78 is 10.4. The molecule has 0 aromatic heterocycles. The molecule has 3 nitrogen and oxygen atoms in total. The fourth-order valence-corrected chi connectivity index (χ4v) is 3.00. The number of hydrogen-bond donors (Lipinski definition) is 1. The minimum Gasteiger partial charge on any atom is -0.497 e. The highest BCUT2D eigenvalue weighted by atomic mass is 16.5. The fourth-order valence-electron chi connectivity index (χ4n) is 3.00. The summed E-state index contributed by atoms with van der Waals surface area (Å²) in [6, 6.07) is 19.3. The van der Waals surface area contributed by atoms with Gasteiger partial charge < -0.3 is 14.8 Å². The van der Waals surface area contributed by atoms with Crippen molar-refractivity contribution in [3.05, 3.63) is 102 Å². The zero-order valence-electron chi connectivity index (χ0n) is 17.9. The molecule has 29 heavy (non-hydrogen) atoms. The second-order valence-electron chi connectivity index (χ2n) is 7.01. The maximum Gasteiger partial charge on any atom is 0.118 e. The maximum atomic E-state index is 5.24. The van der Waals surface area contributed by atoms with Crippen molar-refractivity contribution in [2.24, 2.45) is 0 Å². The molecule has 0 aliphatic carbocycles. The highest BCUT2D eigenvalue weighted by Crippen LogP contribution is 2.13. The van der Waals surface area contributed by atoms with Crippen molar-refractivity contribution in [2.75, 3.05) is 20.8 Å². The van der Waals surface area contributed by atoms with Gasteiger partial charge in [-0.2, -0.15) is 0 Å². The number of rotatable bonds is 12. The number of methoxy groups -OCH3 is 2. The molecule has 1 atom stereocenters. The van der Waals surface area contributed by atoms with Gasteiger partial charge in [0.15, 0.2) is 0 Å². The van der Waals surface area contributed by atoms with E-state index in [-0.39, 0.29) is 0 Å². The number of hydrogen-bond acceptors (Lipinski definition) is 3. The smallest absolute Gasteiger partial charge is 0.118 e. The van der Waals surface area contributed by atoms with Gasteiger partial charge >= 0.3 is 0 Å². The minimum atomic E-state index is 0.431. The number of allylic oxidation sites excluding steroid dienone is 2. The van der Waals surface area contributed by atoms with Gasteiger partial charge in [0.2, 0.25) is 0 Å². The van der Waals surface area contributed by atoms with Gasteiger partial charge in [-0.25, -0.2) is 0 Å². The molecule has 0 radical (unpaired) electrons. The first kappa shape index (κ1) is 22.5. The number of benzene rings is 2. The van der Waals surface area contributed by atoms with Crippen LogP contribution >= 0.6 is 0 Å². The highest BCUT2D eigenvalue weighted by Gasteiger charge is 2.07. The van der Waals surface area contributed by atoms with Gasteiger partial charge in [0, 0.05) is 12.6 Å². The van der Waals surface area contributed by atoms with Gasteiger partial charge in [0.05, 0.1) is 14.2 Å². The standard InChI is InChI=1S/C26H33NO2/c1-5-25(19-23-9-7-6-8-10-23)27-20-24(12-11-21(2)28-3)14-13-22-15-17-26(29-4)18-16-22/h6-12,14-18,25,27H,2,5,13,19-20H2,1,3-4H3/b12-11-,24-14+. The molecule has 0 bridgehead atoms. The quantitative estimate of drug-likeness (QED) is 0.383. The summed E-state index contributed by atoms with van der Waals surface area (Å²) in [5.41, 5.74) is 3.82. The third-order valence-electron chi connectivity index (χ3n) is 4.92. The summed E-state index contributed by atoms with van der Waals surface area (Å²) in [5.74, 6) is 1.53. The Morgan fingerprint density at radius 2 is 1.72 bits per heavy atom. The SMILES string of the molecule is C=C(/C=C\C(=C/Cc1ccc(OC)cc1)CNC(CC)Cc1ccccc1)OC. The molecule has 0 amide bonds. The third kappa shape index (κ3) is 8.41. The summed E-state index contributed by atoms with van der Waals surface area (Å²) in [7, 11) is 3.32. The first-order chi connectivity index (χ1) is 14.1. The summed E-state index contributed by atoms with van der Waals surface area (Å²) >= 11 is 0. The van der Waals surface area contributed by atoms with E-state index in [1.165, 1.54) is 16.7 Å². The Bertz CT molecular complexity index is 791. The van der Waals surface area contributed by atoms with Crippen molar-refractivity contribution in [3.63, 3.8) is 0 Å². The summed E-state index contributed by atoms with van der Waals surface area (Å²) in [4.78, 5) is 0. The molecule has 0 aliphatic heterocycles. The maximum absolute atomic E-state index is 5.24. The molecule has 1 N–H and O–H groups in total. The molecular formula is C26H33NO2. The van der Waals surface area contributed by atoms with Crippen molar-refractivity contribution in [2.45, 2.75) is 32.2 Å². The molecule has 0 heterocycles. The van der Waals surface area contributed by atoms with E-state index >= 15 is 0 Å². The van der Waals surface area contributed by atoms with Crippen LogP contribution < -0.4 is 10.1 Å². The lowest BCUT2D eigenvalue weighted by Crippen LogP contribution is -2.32. The number of nitrogens with one attached hydrogen (secondary N) is 1. The molecule has 2 rings (SSSR count). The van der Waals surface area contributed by atoms with Gasteiger partial charge in [-0.05, 0) is 54.2 Å². The van der Waals surface area contributed by atoms with Crippen LogP contribution in [0.4, 0.5) is 0 Å². The second kappa shape index (κ2) is 12.6. The minimum absolute atomic E-state index is 0.431. The largest absolute Gasteiger partial charge is 0.497 e. The first-order valence-corrected chi connectivity index (χ1v) is 10.1. The van der Waals surface area contributed by atoms with Gasteiger partial charge in [-0.3, -0.25) is 0 Å². The van der Waals surface area contributed by atoms with Gasteiger partial charge in [-0.1, -0.05) is 68.1 Å². The van der Waals surface area contributed by atoms with E-state index in [4.69, 9.17) is 9.47 Å². The predicted octanol–water partition coefficient (Wildman–Crippen LogP) is 5.49. The van der Waals surface area contributed by atoms with Crippen molar-refractivity contribution in [3.8, 4) is 5.75 Å². The predicted molar refractivity (Wildman–Crippen MR) is 122 cm³/mol. The lowest BCUT2D eigenvalue weighted by molar-refractivity contribution is 0.309. The zero-order valence-corrected chi connectivity index (χ0v) is 17.9. The van der Waals surface area contributed by atoms with Gasteiger partial charge in [-0.15, -0.1) is 0 Å². The summed E-state index contributed by atoms with van der Waals surface area (Å²) in [6.07, 6.45) is 9.22. The Hall–Kier alpha value is -2.78. The van der Waals surface area contributed by atoms with Crippen LogP contribution in [0.25, 0.3) is 0 Å². The van der Waals surface area contributed by atoms with Crippen LogP contribution in [-0.4, -0.2) is 26.8 Å². The topological polar surface area (TPSA) is 30.5 Å². The van der Waals surface area contributed by atoms with E-state index in [1.807, 2.05) is 18.2 Å². The molecule has 154 valence electrons. The molecule has 0 fully saturated rings. The van der Waals surface area contributed by atoms with Crippen molar-refractivity contribution >= 4 is 0 Å². The molecule has 2 aromatic carbocycles. The van der Waals surface area contributed by atoms with Gasteiger partial charge in [0.25, 0.3) is 0 Å². The first-order valence-electron chi connectivity index (χ1n) is 10.1. The fraction of sp³-hybridized carbons (Fsp3) is 0.308. The molecule has 0 saturated carbocycles.